The van der Waals surface area contributed by atoms with E-state index in [9.17, 15) is 9.59 Å². The van der Waals surface area contributed by atoms with E-state index in [4.69, 9.17) is 0 Å². The Morgan fingerprint density at radius 1 is 1.24 bits per heavy atom. The second-order valence-corrected chi connectivity index (χ2v) is 5.32. The Bertz CT molecular complexity index is 531. The van der Waals surface area contributed by atoms with E-state index in [1.807, 2.05) is 11.8 Å². The van der Waals surface area contributed by atoms with Gasteiger partial charge in [0.05, 0.1) is 0 Å². The van der Waals surface area contributed by atoms with Crippen LogP contribution >= 0.6 is 0 Å². The van der Waals surface area contributed by atoms with E-state index in [1.165, 1.54) is 0 Å². The first-order valence-corrected chi connectivity index (χ1v) is 7.30. The van der Waals surface area contributed by atoms with E-state index in [2.05, 4.69) is 20.8 Å². The molecule has 0 unspecified atom stereocenters. The minimum atomic E-state index is -0.482. The molecule has 1 aliphatic heterocycles. The highest BCUT2D eigenvalue weighted by molar-refractivity contribution is 6.35. The molecule has 1 saturated carbocycles. The van der Waals surface area contributed by atoms with Gasteiger partial charge < -0.3 is 15.1 Å². The lowest BCUT2D eigenvalue weighted by Crippen LogP contribution is -2.53. The van der Waals surface area contributed by atoms with Crippen molar-refractivity contribution < 1.29 is 9.59 Å². The zero-order chi connectivity index (χ0) is 14.8. The number of aryl methyl sites for hydroxylation is 1. The van der Waals surface area contributed by atoms with Crippen molar-refractivity contribution in [1.82, 2.24) is 30.4 Å². The Hall–Kier alpha value is -2.19. The summed E-state index contributed by atoms with van der Waals surface area (Å²) in [4.78, 5) is 27.4. The van der Waals surface area contributed by atoms with Crippen molar-refractivity contribution >= 4 is 17.8 Å². The van der Waals surface area contributed by atoms with Crippen LogP contribution in [0.15, 0.2) is 0 Å². The maximum absolute atomic E-state index is 12.0. The van der Waals surface area contributed by atoms with Gasteiger partial charge in [-0.2, -0.15) is 0 Å². The summed E-state index contributed by atoms with van der Waals surface area (Å²) in [6, 6.07) is 0.205. The predicted octanol–water partition coefficient (Wildman–Crippen LogP) is -1.38. The van der Waals surface area contributed by atoms with Crippen LogP contribution in [0.3, 0.4) is 0 Å². The maximum atomic E-state index is 12.0. The number of hydrogen-bond donors (Lipinski definition) is 1. The number of piperazine rings is 1. The van der Waals surface area contributed by atoms with Gasteiger partial charge in [-0.05, 0) is 30.2 Å². The molecule has 0 bridgehead atoms. The molecule has 0 radical (unpaired) electrons. The minimum absolute atomic E-state index is 0.205. The summed E-state index contributed by atoms with van der Waals surface area (Å²) in [6.45, 7) is 4.94. The molecule has 0 aromatic carbocycles. The Labute approximate surface area is 122 Å². The van der Waals surface area contributed by atoms with E-state index < -0.39 is 11.8 Å². The van der Waals surface area contributed by atoms with E-state index >= 15 is 0 Å². The van der Waals surface area contributed by atoms with E-state index in [0.717, 1.165) is 12.8 Å². The van der Waals surface area contributed by atoms with Crippen molar-refractivity contribution in [3.8, 4) is 0 Å². The van der Waals surface area contributed by atoms with Crippen LogP contribution in [0.5, 0.6) is 0 Å². The van der Waals surface area contributed by atoms with Crippen LogP contribution in [-0.2, 0) is 16.1 Å². The number of anilines is 1. The van der Waals surface area contributed by atoms with Gasteiger partial charge in [-0.1, -0.05) is 5.10 Å². The fourth-order valence-corrected chi connectivity index (χ4v) is 2.36. The number of rotatable bonds is 3. The highest BCUT2D eigenvalue weighted by Gasteiger charge is 2.31. The van der Waals surface area contributed by atoms with Crippen LogP contribution in [0.4, 0.5) is 5.95 Å². The molecule has 1 saturated heterocycles. The fraction of sp³-hybridized carbons (Fsp3) is 0.750. The van der Waals surface area contributed by atoms with Gasteiger partial charge in [0.2, 0.25) is 5.95 Å². The third-order valence-electron chi connectivity index (χ3n) is 3.77. The second kappa shape index (κ2) is 5.66. The molecule has 1 aromatic rings. The van der Waals surface area contributed by atoms with Gasteiger partial charge in [-0.25, -0.2) is 4.68 Å². The van der Waals surface area contributed by atoms with E-state index in [-0.39, 0.29) is 6.04 Å². The summed E-state index contributed by atoms with van der Waals surface area (Å²) in [5.41, 5.74) is 0. The summed E-state index contributed by atoms with van der Waals surface area (Å²) in [6.07, 6.45) is 1.96. The first kappa shape index (κ1) is 13.8. The molecule has 1 N–H and O–H groups in total. The summed E-state index contributed by atoms with van der Waals surface area (Å²) < 4.78 is 1.72. The van der Waals surface area contributed by atoms with E-state index in [1.54, 1.807) is 9.58 Å². The molecule has 2 amide bonds. The van der Waals surface area contributed by atoms with Gasteiger partial charge in [-0.3, -0.25) is 9.59 Å². The lowest BCUT2D eigenvalue weighted by atomic mass is 10.3. The number of carbonyl (C=O) groups is 2. The largest absolute Gasteiger partial charge is 0.345 e. The number of amides is 2. The molecule has 9 heteroatoms. The highest BCUT2D eigenvalue weighted by atomic mass is 16.2. The van der Waals surface area contributed by atoms with Crippen molar-refractivity contribution in [2.45, 2.75) is 32.4 Å². The Morgan fingerprint density at radius 2 is 1.95 bits per heavy atom. The molecule has 0 atom stereocenters. The molecule has 0 spiro atoms. The topological polar surface area (TPSA) is 96.2 Å². The van der Waals surface area contributed by atoms with Crippen molar-refractivity contribution in [2.75, 3.05) is 31.1 Å². The van der Waals surface area contributed by atoms with Crippen LogP contribution in [0.1, 0.15) is 19.8 Å². The molecule has 2 fully saturated rings. The Kier molecular flexibility index (Phi) is 3.72. The zero-order valence-electron chi connectivity index (χ0n) is 12.0. The summed E-state index contributed by atoms with van der Waals surface area (Å²) in [5.74, 6) is -0.201. The third-order valence-corrected chi connectivity index (χ3v) is 3.77. The average Bonchev–Trinajstić information content (AvgIpc) is 3.19. The lowest BCUT2D eigenvalue weighted by molar-refractivity contribution is -0.146. The second-order valence-electron chi connectivity index (χ2n) is 5.32. The zero-order valence-corrected chi connectivity index (χ0v) is 12.0. The molecule has 21 heavy (non-hydrogen) atoms. The standard InChI is InChI=1S/C12H19N7O2/c1-2-19-12(14-15-16-19)18-7-5-17(6-8-18)11(21)10(20)13-9-3-4-9/h9H,2-8H2,1H3,(H,13,20). The van der Waals surface area contributed by atoms with Crippen LogP contribution < -0.4 is 10.2 Å². The van der Waals surface area contributed by atoms with Gasteiger partial charge in [0.25, 0.3) is 0 Å². The van der Waals surface area contributed by atoms with Crippen molar-refractivity contribution in [3.63, 3.8) is 0 Å². The monoisotopic (exact) mass is 293 g/mol. The van der Waals surface area contributed by atoms with Crippen LogP contribution in [0, 0.1) is 0 Å². The summed E-state index contributed by atoms with van der Waals surface area (Å²) in [7, 11) is 0. The van der Waals surface area contributed by atoms with Gasteiger partial charge in [-0.15, -0.1) is 0 Å². The van der Waals surface area contributed by atoms with Gasteiger partial charge in [0.15, 0.2) is 0 Å². The molecule has 114 valence electrons. The fourth-order valence-electron chi connectivity index (χ4n) is 2.36. The predicted molar refractivity (Wildman–Crippen MR) is 73.4 cm³/mol. The maximum Gasteiger partial charge on any atom is 0.312 e. The molecular weight excluding hydrogens is 274 g/mol. The number of carbonyl (C=O) groups excluding carboxylic acids is 2. The van der Waals surface area contributed by atoms with Crippen molar-refractivity contribution in [1.29, 1.82) is 0 Å². The summed E-state index contributed by atoms with van der Waals surface area (Å²) >= 11 is 0. The number of aromatic nitrogens is 4. The van der Waals surface area contributed by atoms with Crippen LogP contribution in [-0.4, -0.2) is 69.1 Å². The number of nitrogens with zero attached hydrogens (tertiary/aromatic N) is 6. The first-order chi connectivity index (χ1) is 10.2. The number of nitrogens with one attached hydrogen (secondary N) is 1. The smallest absolute Gasteiger partial charge is 0.312 e. The SMILES string of the molecule is CCn1nnnc1N1CCN(C(=O)C(=O)NC2CC2)CC1. The van der Waals surface area contributed by atoms with Gasteiger partial charge in [0.1, 0.15) is 0 Å². The number of hydrogen-bond acceptors (Lipinski definition) is 6. The van der Waals surface area contributed by atoms with Crippen molar-refractivity contribution in [2.24, 2.45) is 0 Å². The Balaban J connectivity index is 1.54. The van der Waals surface area contributed by atoms with Crippen LogP contribution in [0.25, 0.3) is 0 Å². The van der Waals surface area contributed by atoms with Crippen LogP contribution in [0.2, 0.25) is 0 Å². The molecular formula is C12H19N7O2. The van der Waals surface area contributed by atoms with Gasteiger partial charge in [0, 0.05) is 38.8 Å². The highest BCUT2D eigenvalue weighted by Crippen LogP contribution is 2.18. The molecule has 1 aliphatic carbocycles. The molecule has 3 rings (SSSR count). The quantitative estimate of drug-likeness (QED) is 0.690. The average molecular weight is 293 g/mol. The molecule has 2 aliphatic rings. The Morgan fingerprint density at radius 3 is 2.57 bits per heavy atom. The van der Waals surface area contributed by atoms with Gasteiger partial charge >= 0.3 is 11.8 Å². The van der Waals surface area contributed by atoms with Crippen molar-refractivity contribution in [3.05, 3.63) is 0 Å². The molecule has 9 nitrogen and oxygen atoms in total. The first-order valence-electron chi connectivity index (χ1n) is 7.30. The normalized spacial score (nSPS) is 18.7. The minimum Gasteiger partial charge on any atom is -0.345 e. The molecule has 1 aromatic heterocycles. The summed E-state index contributed by atoms with van der Waals surface area (Å²) in [5, 5.41) is 14.3. The molecule has 2 heterocycles. The number of tetrazole rings is 1. The van der Waals surface area contributed by atoms with E-state index in [0.29, 0.717) is 38.7 Å². The lowest BCUT2D eigenvalue weighted by Gasteiger charge is -2.34. The third kappa shape index (κ3) is 2.96.